The van der Waals surface area contributed by atoms with Crippen molar-refractivity contribution < 1.29 is 9.59 Å². The van der Waals surface area contributed by atoms with Gasteiger partial charge in [0, 0.05) is 25.9 Å². The molecule has 16 heavy (non-hydrogen) atoms. The predicted molar refractivity (Wildman–Crippen MR) is 63.8 cm³/mol. The molecule has 5 nitrogen and oxygen atoms in total. The van der Waals surface area contributed by atoms with Crippen molar-refractivity contribution >= 4 is 11.7 Å². The van der Waals surface area contributed by atoms with Crippen molar-refractivity contribution in [2.45, 2.75) is 32.6 Å². The van der Waals surface area contributed by atoms with E-state index < -0.39 is 0 Å². The number of Topliss-reactive ketones (excluding diaryl/α,β-unsaturated/α-hetero) is 1. The van der Waals surface area contributed by atoms with Crippen molar-refractivity contribution in [3.63, 3.8) is 0 Å². The Kier molecular flexibility index (Phi) is 8.75. The molecule has 0 heterocycles. The Hall–Kier alpha value is -0.940. The molecule has 0 aliphatic carbocycles. The van der Waals surface area contributed by atoms with Crippen LogP contribution in [-0.2, 0) is 9.59 Å². The first-order valence-electron chi connectivity index (χ1n) is 5.79. The lowest BCUT2D eigenvalue weighted by Crippen LogP contribution is -2.34. The van der Waals surface area contributed by atoms with Crippen LogP contribution in [0.2, 0.25) is 0 Å². The van der Waals surface area contributed by atoms with E-state index in [1.807, 2.05) is 0 Å². The maximum Gasteiger partial charge on any atom is 0.223 e. The van der Waals surface area contributed by atoms with Crippen LogP contribution < -0.4 is 11.5 Å². The normalized spacial score (nSPS) is 10.2. The van der Waals surface area contributed by atoms with E-state index in [1.54, 1.807) is 4.90 Å². The smallest absolute Gasteiger partial charge is 0.223 e. The third kappa shape index (κ3) is 7.36. The Balaban J connectivity index is 4.03. The average Bonchev–Trinajstić information content (AvgIpc) is 2.26. The zero-order valence-corrected chi connectivity index (χ0v) is 10.1. The van der Waals surface area contributed by atoms with Gasteiger partial charge in [0.1, 0.15) is 5.78 Å². The zero-order valence-electron chi connectivity index (χ0n) is 10.1. The first-order chi connectivity index (χ1) is 7.61. The van der Waals surface area contributed by atoms with Gasteiger partial charge in [-0.15, -0.1) is 0 Å². The number of hydrogen-bond donors (Lipinski definition) is 2. The van der Waals surface area contributed by atoms with Gasteiger partial charge in [-0.05, 0) is 32.9 Å². The summed E-state index contributed by atoms with van der Waals surface area (Å²) < 4.78 is 0. The van der Waals surface area contributed by atoms with Gasteiger partial charge in [0.25, 0.3) is 0 Å². The van der Waals surface area contributed by atoms with Gasteiger partial charge < -0.3 is 21.2 Å². The Labute approximate surface area is 97.2 Å². The lowest BCUT2D eigenvalue weighted by Gasteiger charge is -2.22. The number of nitrogens with two attached hydrogens (primary N) is 2. The van der Waals surface area contributed by atoms with Gasteiger partial charge >= 0.3 is 0 Å². The third-order valence-electron chi connectivity index (χ3n) is 2.31. The summed E-state index contributed by atoms with van der Waals surface area (Å²) >= 11 is 0. The lowest BCUT2D eigenvalue weighted by atomic mass is 10.2. The number of amides is 1. The third-order valence-corrected chi connectivity index (χ3v) is 2.31. The summed E-state index contributed by atoms with van der Waals surface area (Å²) in [4.78, 5) is 24.3. The van der Waals surface area contributed by atoms with Crippen LogP contribution in [-0.4, -0.2) is 42.8 Å². The fourth-order valence-corrected chi connectivity index (χ4v) is 1.37. The standard InChI is InChI=1S/C11H23N3O2/c1-10(15)4-5-11(16)14(8-2-6-12)9-3-7-13/h2-9,12-13H2,1H3. The SMILES string of the molecule is CC(=O)CCC(=O)N(CCCN)CCCN. The number of nitrogens with zero attached hydrogens (tertiary/aromatic N) is 1. The molecule has 0 rings (SSSR count). The molecular formula is C11H23N3O2. The minimum atomic E-state index is 0.0251. The number of rotatable bonds is 9. The van der Waals surface area contributed by atoms with Crippen molar-refractivity contribution in [1.29, 1.82) is 0 Å². The highest BCUT2D eigenvalue weighted by atomic mass is 16.2. The maximum absolute atomic E-state index is 11.8. The Bertz CT molecular complexity index is 211. The molecule has 0 spiro atoms. The van der Waals surface area contributed by atoms with Gasteiger partial charge in [-0.1, -0.05) is 0 Å². The second-order valence-electron chi connectivity index (χ2n) is 3.87. The van der Waals surface area contributed by atoms with Crippen LogP contribution in [0, 0.1) is 0 Å². The fraction of sp³-hybridized carbons (Fsp3) is 0.818. The molecule has 1 amide bonds. The van der Waals surface area contributed by atoms with Gasteiger partial charge in [0.2, 0.25) is 5.91 Å². The molecule has 0 aliphatic heterocycles. The first-order valence-corrected chi connectivity index (χ1v) is 5.79. The fourth-order valence-electron chi connectivity index (χ4n) is 1.37. The topological polar surface area (TPSA) is 89.4 Å². The van der Waals surface area contributed by atoms with E-state index in [2.05, 4.69) is 0 Å². The van der Waals surface area contributed by atoms with Crippen molar-refractivity contribution in [1.82, 2.24) is 4.90 Å². The Morgan fingerprint density at radius 2 is 1.50 bits per heavy atom. The predicted octanol–water partition coefficient (Wildman–Crippen LogP) is -0.118. The van der Waals surface area contributed by atoms with Gasteiger partial charge in [-0.3, -0.25) is 4.79 Å². The van der Waals surface area contributed by atoms with Crippen LogP contribution >= 0.6 is 0 Å². The van der Waals surface area contributed by atoms with E-state index in [4.69, 9.17) is 11.5 Å². The van der Waals surface area contributed by atoms with Gasteiger partial charge in [0.05, 0.1) is 0 Å². The minimum absolute atomic E-state index is 0.0251. The van der Waals surface area contributed by atoms with E-state index in [0.29, 0.717) is 39.0 Å². The molecule has 0 aromatic rings. The quantitative estimate of drug-likeness (QED) is 0.577. The van der Waals surface area contributed by atoms with Crippen molar-refractivity contribution in [2.24, 2.45) is 11.5 Å². The summed E-state index contributed by atoms with van der Waals surface area (Å²) in [6.07, 6.45) is 2.19. The molecule has 5 heteroatoms. The second kappa shape index (κ2) is 9.30. The highest BCUT2D eigenvalue weighted by Crippen LogP contribution is 2.01. The van der Waals surface area contributed by atoms with E-state index in [9.17, 15) is 9.59 Å². The largest absolute Gasteiger partial charge is 0.343 e. The van der Waals surface area contributed by atoms with Crippen LogP contribution in [0.15, 0.2) is 0 Å². The van der Waals surface area contributed by atoms with Gasteiger partial charge in [0.15, 0.2) is 0 Å². The van der Waals surface area contributed by atoms with E-state index in [1.165, 1.54) is 6.92 Å². The van der Waals surface area contributed by atoms with Gasteiger partial charge in [-0.25, -0.2) is 0 Å². The molecule has 0 saturated carbocycles. The van der Waals surface area contributed by atoms with E-state index >= 15 is 0 Å². The molecular weight excluding hydrogens is 206 g/mol. The molecule has 0 aromatic carbocycles. The van der Waals surface area contributed by atoms with Crippen LogP contribution in [0.25, 0.3) is 0 Å². The molecule has 0 bridgehead atoms. The first kappa shape index (κ1) is 15.1. The number of hydrogen-bond acceptors (Lipinski definition) is 4. The summed E-state index contributed by atoms with van der Waals surface area (Å²) in [6.45, 7) is 3.95. The van der Waals surface area contributed by atoms with Crippen molar-refractivity contribution in [2.75, 3.05) is 26.2 Å². The lowest BCUT2D eigenvalue weighted by molar-refractivity contribution is -0.133. The Morgan fingerprint density at radius 3 is 1.88 bits per heavy atom. The summed E-state index contributed by atoms with van der Waals surface area (Å²) in [6, 6.07) is 0. The highest BCUT2D eigenvalue weighted by molar-refractivity contribution is 5.83. The van der Waals surface area contributed by atoms with Gasteiger partial charge in [-0.2, -0.15) is 0 Å². The summed E-state index contributed by atoms with van der Waals surface area (Å²) in [5, 5.41) is 0. The number of carbonyl (C=O) groups is 2. The van der Waals surface area contributed by atoms with E-state index in [0.717, 1.165) is 12.8 Å². The van der Waals surface area contributed by atoms with Crippen LogP contribution in [0.3, 0.4) is 0 Å². The Morgan fingerprint density at radius 1 is 1.00 bits per heavy atom. The van der Waals surface area contributed by atoms with Crippen LogP contribution in [0.1, 0.15) is 32.6 Å². The molecule has 0 saturated heterocycles. The molecule has 0 radical (unpaired) electrons. The molecule has 0 aromatic heterocycles. The van der Waals surface area contributed by atoms with E-state index in [-0.39, 0.29) is 11.7 Å². The molecule has 4 N–H and O–H groups in total. The molecule has 0 aliphatic rings. The maximum atomic E-state index is 11.8. The van der Waals surface area contributed by atoms with Crippen LogP contribution in [0.5, 0.6) is 0 Å². The second-order valence-corrected chi connectivity index (χ2v) is 3.87. The number of carbonyl (C=O) groups excluding carboxylic acids is 2. The number of ketones is 1. The average molecular weight is 229 g/mol. The monoisotopic (exact) mass is 229 g/mol. The minimum Gasteiger partial charge on any atom is -0.343 e. The molecule has 0 fully saturated rings. The highest BCUT2D eigenvalue weighted by Gasteiger charge is 2.12. The molecule has 0 atom stereocenters. The molecule has 0 unspecified atom stereocenters. The zero-order chi connectivity index (χ0) is 12.4. The van der Waals surface area contributed by atoms with Crippen molar-refractivity contribution in [3.05, 3.63) is 0 Å². The van der Waals surface area contributed by atoms with Crippen LogP contribution in [0.4, 0.5) is 0 Å². The summed E-state index contributed by atoms with van der Waals surface area (Å²) in [7, 11) is 0. The molecule has 94 valence electrons. The summed E-state index contributed by atoms with van der Waals surface area (Å²) in [5.41, 5.74) is 10.8. The summed E-state index contributed by atoms with van der Waals surface area (Å²) in [5.74, 6) is 0.0723. The van der Waals surface area contributed by atoms with Crippen molar-refractivity contribution in [3.8, 4) is 0 Å².